The fourth-order valence-corrected chi connectivity index (χ4v) is 4.50. The Labute approximate surface area is 127 Å². The highest BCUT2D eigenvalue weighted by molar-refractivity contribution is 7.89. The first-order valence-electron chi connectivity index (χ1n) is 7.42. The number of hydrogen-bond donors (Lipinski definition) is 1. The third-order valence-corrected chi connectivity index (χ3v) is 6.27. The molecule has 1 aliphatic heterocycles. The molecule has 0 amide bonds. The normalized spacial score (nSPS) is 25.4. The molecule has 0 spiro atoms. The van der Waals surface area contributed by atoms with Gasteiger partial charge >= 0.3 is 0 Å². The summed E-state index contributed by atoms with van der Waals surface area (Å²) in [5.41, 5.74) is 6.54. The predicted molar refractivity (Wildman–Crippen MR) is 83.4 cm³/mol. The second kappa shape index (κ2) is 6.08. The van der Waals surface area contributed by atoms with Gasteiger partial charge < -0.3 is 10.3 Å². The number of nitrogens with two attached hydrogens (primary N) is 1. The number of nitrogens with zero attached hydrogens (tertiary/aromatic N) is 3. The van der Waals surface area contributed by atoms with Crippen molar-refractivity contribution in [3.8, 4) is 0 Å². The summed E-state index contributed by atoms with van der Waals surface area (Å²) in [7, 11) is -1.40. The zero-order valence-electron chi connectivity index (χ0n) is 13.3. The molecule has 2 heterocycles. The van der Waals surface area contributed by atoms with E-state index in [9.17, 15) is 8.42 Å². The molecule has 0 radical (unpaired) electrons. The van der Waals surface area contributed by atoms with Gasteiger partial charge in [-0.25, -0.2) is 8.42 Å². The monoisotopic (exact) mass is 314 g/mol. The van der Waals surface area contributed by atoms with E-state index in [0.29, 0.717) is 24.5 Å². The molecule has 120 valence electrons. The SMILES string of the molecule is CCn1cc(S(=O)(=O)N2CC(C)N(C)C(C)C2)cc1CN. The zero-order valence-corrected chi connectivity index (χ0v) is 14.1. The highest BCUT2D eigenvalue weighted by atomic mass is 32.2. The van der Waals surface area contributed by atoms with Crippen molar-refractivity contribution < 1.29 is 8.42 Å². The first-order chi connectivity index (χ1) is 9.81. The summed E-state index contributed by atoms with van der Waals surface area (Å²) in [6.07, 6.45) is 1.70. The molecule has 0 aromatic carbocycles. The highest BCUT2D eigenvalue weighted by Crippen LogP contribution is 2.23. The molecule has 1 aromatic rings. The average Bonchev–Trinajstić information content (AvgIpc) is 2.88. The van der Waals surface area contributed by atoms with Crippen molar-refractivity contribution in [2.24, 2.45) is 5.73 Å². The number of sulfonamides is 1. The van der Waals surface area contributed by atoms with Gasteiger partial charge in [0.15, 0.2) is 0 Å². The number of aromatic nitrogens is 1. The van der Waals surface area contributed by atoms with E-state index in [2.05, 4.69) is 18.7 Å². The molecule has 0 saturated carbocycles. The lowest BCUT2D eigenvalue weighted by Gasteiger charge is -2.41. The molecular weight excluding hydrogens is 288 g/mol. The molecular formula is C14H26N4O2S. The van der Waals surface area contributed by atoms with Gasteiger partial charge in [0, 0.05) is 50.2 Å². The van der Waals surface area contributed by atoms with Crippen LogP contribution >= 0.6 is 0 Å². The Morgan fingerprint density at radius 2 is 1.86 bits per heavy atom. The summed E-state index contributed by atoms with van der Waals surface area (Å²) in [5, 5.41) is 0. The van der Waals surface area contributed by atoms with Crippen LogP contribution in [0.3, 0.4) is 0 Å². The molecule has 2 rings (SSSR count). The number of piperazine rings is 1. The zero-order chi connectivity index (χ0) is 15.8. The van der Waals surface area contributed by atoms with E-state index in [1.807, 2.05) is 18.5 Å². The van der Waals surface area contributed by atoms with Gasteiger partial charge in [-0.05, 0) is 33.9 Å². The van der Waals surface area contributed by atoms with Gasteiger partial charge in [-0.15, -0.1) is 0 Å². The van der Waals surface area contributed by atoms with Crippen molar-refractivity contribution in [2.75, 3.05) is 20.1 Å². The topological polar surface area (TPSA) is 71.6 Å². The standard InChI is InChI=1S/C14H26N4O2S/c1-5-17-10-14(6-13(17)7-15)21(19,20)18-8-11(2)16(4)12(3)9-18/h6,10-12H,5,7-9,15H2,1-4H3. The van der Waals surface area contributed by atoms with E-state index in [0.717, 1.165) is 12.2 Å². The fourth-order valence-electron chi connectivity index (χ4n) is 2.83. The molecule has 2 N–H and O–H groups in total. The van der Waals surface area contributed by atoms with Crippen molar-refractivity contribution in [1.82, 2.24) is 13.8 Å². The lowest BCUT2D eigenvalue weighted by atomic mass is 10.1. The van der Waals surface area contributed by atoms with Gasteiger partial charge in [-0.3, -0.25) is 4.90 Å². The molecule has 21 heavy (non-hydrogen) atoms. The van der Waals surface area contributed by atoms with Crippen molar-refractivity contribution in [3.63, 3.8) is 0 Å². The number of aryl methyl sites for hydroxylation is 1. The summed E-state index contributed by atoms with van der Waals surface area (Å²) in [4.78, 5) is 2.57. The summed E-state index contributed by atoms with van der Waals surface area (Å²) in [6, 6.07) is 2.13. The van der Waals surface area contributed by atoms with E-state index >= 15 is 0 Å². The Morgan fingerprint density at radius 1 is 1.29 bits per heavy atom. The summed E-state index contributed by atoms with van der Waals surface area (Å²) in [6.45, 7) is 8.21. The maximum atomic E-state index is 12.8. The Bertz CT molecular complexity index is 563. The van der Waals surface area contributed by atoms with Crippen LogP contribution < -0.4 is 5.73 Å². The molecule has 2 atom stereocenters. The first-order valence-corrected chi connectivity index (χ1v) is 8.86. The minimum atomic E-state index is -3.44. The van der Waals surface area contributed by atoms with Crippen LogP contribution in [0.5, 0.6) is 0 Å². The quantitative estimate of drug-likeness (QED) is 0.887. The smallest absolute Gasteiger partial charge is 0.244 e. The summed E-state index contributed by atoms with van der Waals surface area (Å²) >= 11 is 0. The van der Waals surface area contributed by atoms with Crippen LogP contribution in [0.15, 0.2) is 17.2 Å². The third kappa shape index (κ3) is 3.01. The van der Waals surface area contributed by atoms with Gasteiger partial charge in [-0.1, -0.05) is 0 Å². The highest BCUT2D eigenvalue weighted by Gasteiger charge is 2.35. The lowest BCUT2D eigenvalue weighted by molar-refractivity contribution is 0.105. The van der Waals surface area contributed by atoms with Gasteiger partial charge in [0.25, 0.3) is 0 Å². The summed E-state index contributed by atoms with van der Waals surface area (Å²) in [5.74, 6) is 0. The fraction of sp³-hybridized carbons (Fsp3) is 0.714. The van der Waals surface area contributed by atoms with Gasteiger partial charge in [0.1, 0.15) is 4.90 Å². The van der Waals surface area contributed by atoms with Crippen LogP contribution in [-0.2, 0) is 23.1 Å². The Hall–Kier alpha value is -0.890. The van der Waals surface area contributed by atoms with Crippen LogP contribution in [0.25, 0.3) is 0 Å². The second-order valence-electron chi connectivity index (χ2n) is 5.84. The minimum absolute atomic E-state index is 0.214. The van der Waals surface area contributed by atoms with Crippen LogP contribution in [0, 0.1) is 0 Å². The first kappa shape index (κ1) is 16.5. The number of rotatable bonds is 4. The molecule has 1 fully saturated rings. The molecule has 1 saturated heterocycles. The molecule has 1 aliphatic rings. The van der Waals surface area contributed by atoms with Crippen molar-refractivity contribution >= 4 is 10.0 Å². The van der Waals surface area contributed by atoms with Gasteiger partial charge in [0.05, 0.1) is 0 Å². The molecule has 1 aromatic heterocycles. The Kier molecular flexibility index (Phi) is 4.77. The van der Waals surface area contributed by atoms with E-state index in [1.165, 1.54) is 0 Å². The lowest BCUT2D eigenvalue weighted by Crippen LogP contribution is -2.56. The maximum Gasteiger partial charge on any atom is 0.244 e. The van der Waals surface area contributed by atoms with E-state index in [1.54, 1.807) is 16.6 Å². The van der Waals surface area contributed by atoms with Crippen LogP contribution in [0.4, 0.5) is 0 Å². The molecule has 0 bridgehead atoms. The maximum absolute atomic E-state index is 12.8. The number of likely N-dealkylation sites (N-methyl/N-ethyl adjacent to an activating group) is 1. The molecule has 0 aliphatic carbocycles. The van der Waals surface area contributed by atoms with E-state index < -0.39 is 10.0 Å². The van der Waals surface area contributed by atoms with Crippen molar-refractivity contribution in [3.05, 3.63) is 18.0 Å². The largest absolute Gasteiger partial charge is 0.349 e. The number of hydrogen-bond acceptors (Lipinski definition) is 4. The predicted octanol–water partition coefficient (Wildman–Crippen LogP) is 0.680. The van der Waals surface area contributed by atoms with Crippen molar-refractivity contribution in [2.45, 2.75) is 50.8 Å². The van der Waals surface area contributed by atoms with E-state index in [-0.39, 0.29) is 12.1 Å². The third-order valence-electron chi connectivity index (χ3n) is 4.47. The van der Waals surface area contributed by atoms with Crippen LogP contribution in [0.1, 0.15) is 26.5 Å². The van der Waals surface area contributed by atoms with Crippen LogP contribution in [0.2, 0.25) is 0 Å². The van der Waals surface area contributed by atoms with Gasteiger partial charge in [-0.2, -0.15) is 4.31 Å². The molecule has 7 heteroatoms. The minimum Gasteiger partial charge on any atom is -0.349 e. The second-order valence-corrected chi connectivity index (χ2v) is 7.78. The van der Waals surface area contributed by atoms with Crippen molar-refractivity contribution in [1.29, 1.82) is 0 Å². The van der Waals surface area contributed by atoms with E-state index in [4.69, 9.17) is 5.73 Å². The average molecular weight is 314 g/mol. The summed E-state index contributed by atoms with van der Waals surface area (Å²) < 4.78 is 29.2. The Balaban J connectivity index is 2.32. The Morgan fingerprint density at radius 3 is 2.29 bits per heavy atom. The molecule has 2 unspecified atom stereocenters. The van der Waals surface area contributed by atoms with Gasteiger partial charge in [0.2, 0.25) is 10.0 Å². The molecule has 6 nitrogen and oxygen atoms in total. The van der Waals surface area contributed by atoms with Crippen LogP contribution in [-0.4, -0.2) is 54.4 Å².